The normalized spacial score (nSPS) is 10.2. The highest BCUT2D eigenvalue weighted by Crippen LogP contribution is 2.14. The first kappa shape index (κ1) is 13.8. The van der Waals surface area contributed by atoms with Gasteiger partial charge in [0.05, 0.1) is 13.7 Å². The van der Waals surface area contributed by atoms with E-state index in [-0.39, 0.29) is 0 Å². The Kier molecular flexibility index (Phi) is 7.18. The fourth-order valence-electron chi connectivity index (χ4n) is 1.38. The van der Waals surface area contributed by atoms with Crippen LogP contribution in [-0.2, 0) is 9.47 Å². The van der Waals surface area contributed by atoms with Gasteiger partial charge in [-0.25, -0.2) is 0 Å². The van der Waals surface area contributed by atoms with E-state index in [1.54, 1.807) is 14.2 Å². The summed E-state index contributed by atoms with van der Waals surface area (Å²) in [7, 11) is 3.36. The highest BCUT2D eigenvalue weighted by molar-refractivity contribution is 5.46. The van der Waals surface area contributed by atoms with Gasteiger partial charge in [-0.15, -0.1) is 0 Å². The Morgan fingerprint density at radius 3 is 2.41 bits per heavy atom. The summed E-state index contributed by atoms with van der Waals surface area (Å²) in [5, 5.41) is 3.28. The molecule has 17 heavy (non-hydrogen) atoms. The monoisotopic (exact) mass is 239 g/mol. The molecule has 0 atom stereocenters. The minimum absolute atomic E-state index is 0.704. The lowest BCUT2D eigenvalue weighted by molar-refractivity contribution is 0.109. The molecule has 1 aromatic carbocycles. The molecule has 1 aromatic rings. The van der Waals surface area contributed by atoms with E-state index >= 15 is 0 Å². The summed E-state index contributed by atoms with van der Waals surface area (Å²) in [6.45, 7) is 3.01. The zero-order valence-corrected chi connectivity index (χ0v) is 10.6. The smallest absolute Gasteiger partial charge is 0.119 e. The summed E-state index contributed by atoms with van der Waals surface area (Å²) in [6.07, 6.45) is 0.943. The van der Waals surface area contributed by atoms with Crippen LogP contribution in [0.3, 0.4) is 0 Å². The predicted octanol–water partition coefficient (Wildman–Crippen LogP) is 2.16. The molecule has 0 fully saturated rings. The third kappa shape index (κ3) is 6.14. The first-order chi connectivity index (χ1) is 8.36. The summed E-state index contributed by atoms with van der Waals surface area (Å²) in [6, 6.07) is 7.84. The molecule has 0 radical (unpaired) electrons. The quantitative estimate of drug-likeness (QED) is 0.670. The van der Waals surface area contributed by atoms with Gasteiger partial charge in [0, 0.05) is 32.6 Å². The highest BCUT2D eigenvalue weighted by atomic mass is 16.5. The van der Waals surface area contributed by atoms with Gasteiger partial charge in [0.25, 0.3) is 0 Å². The fraction of sp³-hybridized carbons (Fsp3) is 0.538. The molecule has 0 aliphatic carbocycles. The number of methoxy groups -OCH3 is 2. The van der Waals surface area contributed by atoms with Crippen LogP contribution >= 0.6 is 0 Å². The lowest BCUT2D eigenvalue weighted by Gasteiger charge is -2.08. The van der Waals surface area contributed by atoms with Crippen molar-refractivity contribution in [1.29, 1.82) is 0 Å². The summed E-state index contributed by atoms with van der Waals surface area (Å²) in [5.41, 5.74) is 1.08. The number of hydrogen-bond acceptors (Lipinski definition) is 4. The van der Waals surface area contributed by atoms with Crippen molar-refractivity contribution >= 4 is 5.69 Å². The minimum atomic E-state index is 0.704. The van der Waals surface area contributed by atoms with Crippen LogP contribution in [0.15, 0.2) is 24.3 Å². The molecule has 4 heteroatoms. The third-order valence-corrected chi connectivity index (χ3v) is 2.30. The van der Waals surface area contributed by atoms with Gasteiger partial charge in [-0.3, -0.25) is 0 Å². The molecule has 0 aliphatic rings. The average Bonchev–Trinajstić information content (AvgIpc) is 2.38. The zero-order chi connectivity index (χ0) is 12.3. The first-order valence-electron chi connectivity index (χ1n) is 5.81. The molecule has 0 aromatic heterocycles. The Labute approximate surface area is 103 Å². The van der Waals surface area contributed by atoms with Crippen molar-refractivity contribution in [2.45, 2.75) is 6.42 Å². The molecule has 0 aliphatic heterocycles. The second kappa shape index (κ2) is 8.84. The number of benzene rings is 1. The van der Waals surface area contributed by atoms with Crippen LogP contribution in [-0.4, -0.2) is 40.6 Å². The molecule has 0 bridgehead atoms. The van der Waals surface area contributed by atoms with Gasteiger partial charge in [-0.1, -0.05) is 0 Å². The van der Waals surface area contributed by atoms with E-state index in [9.17, 15) is 0 Å². The molecule has 0 amide bonds. The molecular formula is C13H21NO3. The standard InChI is InChI=1S/C13H21NO3/c1-15-9-3-10-17-11-8-14-12-4-6-13(16-2)7-5-12/h4-7,14H,3,8-11H2,1-2H3. The second-order valence-corrected chi connectivity index (χ2v) is 3.61. The van der Waals surface area contributed by atoms with Crippen molar-refractivity contribution in [3.63, 3.8) is 0 Å². The molecule has 1 rings (SSSR count). The molecule has 0 saturated carbocycles. The molecule has 96 valence electrons. The SMILES string of the molecule is COCCCOCCNc1ccc(OC)cc1. The van der Waals surface area contributed by atoms with Crippen LogP contribution in [0.2, 0.25) is 0 Å². The Balaban J connectivity index is 2.05. The van der Waals surface area contributed by atoms with Crippen LogP contribution in [0.1, 0.15) is 6.42 Å². The lowest BCUT2D eigenvalue weighted by atomic mass is 10.3. The Morgan fingerprint density at radius 1 is 1.00 bits per heavy atom. The Bertz CT molecular complexity index is 287. The van der Waals surface area contributed by atoms with E-state index in [0.29, 0.717) is 6.61 Å². The van der Waals surface area contributed by atoms with E-state index in [2.05, 4.69) is 5.32 Å². The van der Waals surface area contributed by atoms with Gasteiger partial charge >= 0.3 is 0 Å². The molecule has 0 heterocycles. The van der Waals surface area contributed by atoms with Gasteiger partial charge in [0.1, 0.15) is 5.75 Å². The average molecular weight is 239 g/mol. The van der Waals surface area contributed by atoms with Gasteiger partial charge in [-0.2, -0.15) is 0 Å². The Hall–Kier alpha value is -1.26. The third-order valence-electron chi connectivity index (χ3n) is 2.30. The van der Waals surface area contributed by atoms with Crippen molar-refractivity contribution in [2.75, 3.05) is 45.9 Å². The van der Waals surface area contributed by atoms with E-state index in [1.165, 1.54) is 0 Å². The van der Waals surface area contributed by atoms with Crippen LogP contribution in [0.5, 0.6) is 5.75 Å². The van der Waals surface area contributed by atoms with Crippen LogP contribution in [0, 0.1) is 0 Å². The molecular weight excluding hydrogens is 218 g/mol. The van der Waals surface area contributed by atoms with Gasteiger partial charge in [-0.05, 0) is 30.7 Å². The Morgan fingerprint density at radius 2 is 1.76 bits per heavy atom. The largest absolute Gasteiger partial charge is 0.497 e. The van der Waals surface area contributed by atoms with Gasteiger partial charge < -0.3 is 19.5 Å². The number of anilines is 1. The summed E-state index contributed by atoms with van der Waals surface area (Å²) < 4.78 is 15.5. The van der Waals surface area contributed by atoms with Crippen LogP contribution in [0.25, 0.3) is 0 Å². The maximum atomic E-state index is 5.44. The van der Waals surface area contributed by atoms with Crippen molar-refractivity contribution in [3.8, 4) is 5.75 Å². The van der Waals surface area contributed by atoms with Crippen LogP contribution in [0.4, 0.5) is 5.69 Å². The van der Waals surface area contributed by atoms with E-state index in [4.69, 9.17) is 14.2 Å². The van der Waals surface area contributed by atoms with E-state index < -0.39 is 0 Å². The molecule has 0 spiro atoms. The minimum Gasteiger partial charge on any atom is -0.497 e. The summed E-state index contributed by atoms with van der Waals surface area (Å²) in [5.74, 6) is 0.867. The number of rotatable bonds is 9. The van der Waals surface area contributed by atoms with Crippen LogP contribution < -0.4 is 10.1 Å². The number of hydrogen-bond donors (Lipinski definition) is 1. The number of nitrogens with one attached hydrogen (secondary N) is 1. The number of ether oxygens (including phenoxy) is 3. The topological polar surface area (TPSA) is 39.7 Å². The second-order valence-electron chi connectivity index (χ2n) is 3.61. The van der Waals surface area contributed by atoms with Gasteiger partial charge in [0.2, 0.25) is 0 Å². The highest BCUT2D eigenvalue weighted by Gasteiger charge is 1.93. The molecule has 1 N–H and O–H groups in total. The first-order valence-corrected chi connectivity index (χ1v) is 5.81. The van der Waals surface area contributed by atoms with Gasteiger partial charge in [0.15, 0.2) is 0 Å². The molecule has 0 unspecified atom stereocenters. The fourth-order valence-corrected chi connectivity index (χ4v) is 1.38. The van der Waals surface area contributed by atoms with Crippen molar-refractivity contribution in [3.05, 3.63) is 24.3 Å². The van der Waals surface area contributed by atoms with E-state index in [0.717, 1.165) is 37.6 Å². The zero-order valence-electron chi connectivity index (χ0n) is 10.6. The predicted molar refractivity (Wildman–Crippen MR) is 68.8 cm³/mol. The summed E-state index contributed by atoms with van der Waals surface area (Å²) in [4.78, 5) is 0. The lowest BCUT2D eigenvalue weighted by Crippen LogP contribution is -2.10. The van der Waals surface area contributed by atoms with Crippen molar-refractivity contribution < 1.29 is 14.2 Å². The maximum Gasteiger partial charge on any atom is 0.119 e. The van der Waals surface area contributed by atoms with E-state index in [1.807, 2.05) is 24.3 Å². The van der Waals surface area contributed by atoms with Crippen molar-refractivity contribution in [2.24, 2.45) is 0 Å². The molecule has 0 saturated heterocycles. The maximum absolute atomic E-state index is 5.44. The molecule has 4 nitrogen and oxygen atoms in total. The summed E-state index contributed by atoms with van der Waals surface area (Å²) >= 11 is 0. The van der Waals surface area contributed by atoms with Crippen molar-refractivity contribution in [1.82, 2.24) is 0 Å².